The lowest BCUT2D eigenvalue weighted by Gasteiger charge is -2.21. The number of aryl methyl sites for hydroxylation is 1. The van der Waals surface area contributed by atoms with Gasteiger partial charge in [0.1, 0.15) is 11.2 Å². The zero-order valence-corrected chi connectivity index (χ0v) is 18.4. The number of carbonyl (C=O) groups excluding carboxylic acids is 3. The molecule has 0 aromatic heterocycles. The maximum absolute atomic E-state index is 12.4. The van der Waals surface area contributed by atoms with E-state index in [2.05, 4.69) is 5.32 Å². The predicted octanol–water partition coefficient (Wildman–Crippen LogP) is 3.98. The van der Waals surface area contributed by atoms with E-state index in [1.54, 1.807) is 39.0 Å². The molecule has 2 amide bonds. The quantitative estimate of drug-likeness (QED) is 0.501. The summed E-state index contributed by atoms with van der Waals surface area (Å²) in [6.07, 6.45) is 2.57. The lowest BCUT2D eigenvalue weighted by molar-refractivity contribution is 0.00673. The molecule has 0 bridgehead atoms. The summed E-state index contributed by atoms with van der Waals surface area (Å²) in [6.45, 7) is 11.3. The first-order chi connectivity index (χ1) is 13.3. The number of primary amides is 1. The van der Waals surface area contributed by atoms with Crippen LogP contribution >= 0.6 is 0 Å². The molecule has 0 fully saturated rings. The van der Waals surface area contributed by atoms with Crippen LogP contribution in [0.3, 0.4) is 0 Å². The third-order valence-corrected chi connectivity index (χ3v) is 3.81. The van der Waals surface area contributed by atoms with Gasteiger partial charge >= 0.3 is 12.1 Å². The van der Waals surface area contributed by atoms with Gasteiger partial charge in [-0.3, -0.25) is 4.79 Å². The number of ether oxygens (including phenoxy) is 2. The van der Waals surface area contributed by atoms with E-state index in [9.17, 15) is 14.4 Å². The topological polar surface area (TPSA) is 108 Å². The first-order valence-electron chi connectivity index (χ1n) is 9.92. The fraction of sp³-hybridized carbons (Fsp3) is 0.591. The molecule has 1 aromatic carbocycles. The van der Waals surface area contributed by atoms with E-state index in [0.29, 0.717) is 13.0 Å². The second kappa shape index (κ2) is 10.3. The molecule has 0 heterocycles. The molecule has 0 saturated carbocycles. The van der Waals surface area contributed by atoms with Crippen LogP contribution in [0.5, 0.6) is 0 Å². The largest absolute Gasteiger partial charge is 0.456 e. The SMILES string of the molecule is CC(C)(C)OC(=O)NCCCCCc1cccc(C(=O)OC(C)(C)C)c1C(N)=O. The summed E-state index contributed by atoms with van der Waals surface area (Å²) in [5, 5.41) is 2.72. The molecule has 1 rings (SSSR count). The molecule has 0 aliphatic rings. The summed E-state index contributed by atoms with van der Waals surface area (Å²) in [4.78, 5) is 36.0. The highest BCUT2D eigenvalue weighted by atomic mass is 16.6. The summed E-state index contributed by atoms with van der Waals surface area (Å²) in [7, 11) is 0. The molecule has 0 unspecified atom stereocenters. The maximum atomic E-state index is 12.4. The van der Waals surface area contributed by atoms with E-state index >= 15 is 0 Å². The van der Waals surface area contributed by atoms with Gasteiger partial charge in [-0.15, -0.1) is 0 Å². The van der Waals surface area contributed by atoms with Gasteiger partial charge in [-0.05, 0) is 72.4 Å². The van der Waals surface area contributed by atoms with E-state index in [1.165, 1.54) is 0 Å². The van der Waals surface area contributed by atoms with Crippen LogP contribution in [-0.2, 0) is 15.9 Å². The summed E-state index contributed by atoms with van der Waals surface area (Å²) >= 11 is 0. The Kier molecular flexibility index (Phi) is 8.67. The molecule has 0 aliphatic heterocycles. The van der Waals surface area contributed by atoms with Gasteiger partial charge in [-0.2, -0.15) is 0 Å². The maximum Gasteiger partial charge on any atom is 0.407 e. The molecule has 1 aromatic rings. The number of unbranched alkanes of at least 4 members (excludes halogenated alkanes) is 2. The van der Waals surface area contributed by atoms with Crippen LogP contribution in [0.4, 0.5) is 4.79 Å². The van der Waals surface area contributed by atoms with Gasteiger partial charge in [0, 0.05) is 6.54 Å². The Balaban J connectivity index is 2.62. The van der Waals surface area contributed by atoms with Crippen molar-refractivity contribution in [2.75, 3.05) is 6.54 Å². The van der Waals surface area contributed by atoms with Crippen LogP contribution < -0.4 is 11.1 Å². The smallest absolute Gasteiger partial charge is 0.407 e. The molecule has 7 heteroatoms. The number of amides is 2. The molecule has 29 heavy (non-hydrogen) atoms. The van der Waals surface area contributed by atoms with Gasteiger partial charge in [0.15, 0.2) is 0 Å². The van der Waals surface area contributed by atoms with Crippen molar-refractivity contribution >= 4 is 18.0 Å². The van der Waals surface area contributed by atoms with Gasteiger partial charge < -0.3 is 20.5 Å². The van der Waals surface area contributed by atoms with Crippen molar-refractivity contribution in [1.29, 1.82) is 0 Å². The first-order valence-corrected chi connectivity index (χ1v) is 9.92. The molecular formula is C22H34N2O5. The monoisotopic (exact) mass is 406 g/mol. The zero-order chi connectivity index (χ0) is 22.2. The van der Waals surface area contributed by atoms with Crippen molar-refractivity contribution < 1.29 is 23.9 Å². The van der Waals surface area contributed by atoms with Crippen LogP contribution in [0.2, 0.25) is 0 Å². The standard InChI is InChI=1S/C22H34N2O5/c1-21(2,3)28-19(26)16-13-10-12-15(17(16)18(23)25)11-8-7-9-14-24-20(27)29-22(4,5)6/h10,12-13H,7-9,11,14H2,1-6H3,(H2,23,25)(H,24,27). The lowest BCUT2D eigenvalue weighted by Crippen LogP contribution is -2.33. The van der Waals surface area contributed by atoms with Crippen LogP contribution in [0.25, 0.3) is 0 Å². The zero-order valence-electron chi connectivity index (χ0n) is 18.4. The Morgan fingerprint density at radius 1 is 0.931 bits per heavy atom. The van der Waals surface area contributed by atoms with Gasteiger partial charge in [0.05, 0.1) is 11.1 Å². The Labute approximate surface area is 173 Å². The van der Waals surface area contributed by atoms with Crippen molar-refractivity contribution in [3.05, 3.63) is 34.9 Å². The number of esters is 1. The molecule has 0 atom stereocenters. The average Bonchev–Trinajstić information content (AvgIpc) is 2.54. The minimum absolute atomic E-state index is 0.191. The number of hydrogen-bond donors (Lipinski definition) is 2. The van der Waals surface area contributed by atoms with Crippen molar-refractivity contribution in [3.63, 3.8) is 0 Å². The molecule has 7 nitrogen and oxygen atoms in total. The van der Waals surface area contributed by atoms with Gasteiger partial charge in [0.2, 0.25) is 5.91 Å². The molecule has 0 radical (unpaired) electrons. The van der Waals surface area contributed by atoms with E-state index in [-0.39, 0.29) is 11.1 Å². The number of alkyl carbamates (subject to hydrolysis) is 1. The Morgan fingerprint density at radius 3 is 2.10 bits per heavy atom. The minimum Gasteiger partial charge on any atom is -0.456 e. The van der Waals surface area contributed by atoms with Gasteiger partial charge in [-0.1, -0.05) is 18.6 Å². The van der Waals surface area contributed by atoms with Gasteiger partial charge in [-0.25, -0.2) is 9.59 Å². The van der Waals surface area contributed by atoms with Crippen molar-refractivity contribution in [2.24, 2.45) is 5.73 Å². The second-order valence-electron chi connectivity index (χ2n) is 8.95. The van der Waals surface area contributed by atoms with Crippen molar-refractivity contribution in [2.45, 2.75) is 78.4 Å². The number of nitrogens with one attached hydrogen (secondary N) is 1. The van der Waals surface area contributed by atoms with Crippen LogP contribution in [0.1, 0.15) is 87.1 Å². The Hall–Kier alpha value is -2.57. The van der Waals surface area contributed by atoms with E-state index in [1.807, 2.05) is 20.8 Å². The summed E-state index contributed by atoms with van der Waals surface area (Å²) < 4.78 is 10.6. The molecule has 0 spiro atoms. The van der Waals surface area contributed by atoms with E-state index in [0.717, 1.165) is 24.8 Å². The number of rotatable bonds is 8. The van der Waals surface area contributed by atoms with Crippen molar-refractivity contribution in [3.8, 4) is 0 Å². The predicted molar refractivity (Wildman–Crippen MR) is 112 cm³/mol. The number of nitrogens with two attached hydrogens (primary N) is 1. The number of hydrogen-bond acceptors (Lipinski definition) is 5. The minimum atomic E-state index is -0.664. The first kappa shape index (κ1) is 24.5. The summed E-state index contributed by atoms with van der Waals surface area (Å²) in [6, 6.07) is 5.08. The van der Waals surface area contributed by atoms with E-state index in [4.69, 9.17) is 15.2 Å². The number of carbonyl (C=O) groups is 3. The highest BCUT2D eigenvalue weighted by molar-refractivity contribution is 6.05. The lowest BCUT2D eigenvalue weighted by atomic mass is 9.96. The average molecular weight is 407 g/mol. The Bertz CT molecular complexity index is 730. The molecule has 3 N–H and O–H groups in total. The van der Waals surface area contributed by atoms with Gasteiger partial charge in [0.25, 0.3) is 0 Å². The third-order valence-electron chi connectivity index (χ3n) is 3.81. The van der Waals surface area contributed by atoms with Crippen molar-refractivity contribution in [1.82, 2.24) is 5.32 Å². The molecule has 0 saturated heterocycles. The molecule has 162 valence electrons. The summed E-state index contributed by atoms with van der Waals surface area (Å²) in [5.74, 6) is -1.21. The van der Waals surface area contributed by atoms with Crippen LogP contribution in [0, 0.1) is 0 Å². The van der Waals surface area contributed by atoms with E-state index < -0.39 is 29.2 Å². The second-order valence-corrected chi connectivity index (χ2v) is 8.95. The third kappa shape index (κ3) is 9.45. The Morgan fingerprint density at radius 2 is 1.55 bits per heavy atom. The highest BCUT2D eigenvalue weighted by Gasteiger charge is 2.24. The fourth-order valence-electron chi connectivity index (χ4n) is 2.72. The van der Waals surface area contributed by atoms with Crippen LogP contribution in [-0.4, -0.2) is 35.7 Å². The normalized spacial score (nSPS) is 11.7. The highest BCUT2D eigenvalue weighted by Crippen LogP contribution is 2.20. The molecular weight excluding hydrogens is 372 g/mol. The fourth-order valence-corrected chi connectivity index (χ4v) is 2.72. The number of benzene rings is 1. The molecule has 0 aliphatic carbocycles. The van der Waals surface area contributed by atoms with Crippen LogP contribution in [0.15, 0.2) is 18.2 Å². The summed E-state index contributed by atoms with van der Waals surface area (Å²) in [5.41, 5.74) is 5.49.